The Morgan fingerprint density at radius 1 is 1.17 bits per heavy atom. The molecule has 0 spiro atoms. The minimum Gasteiger partial charge on any atom is -0.304 e. The molecule has 0 N–H and O–H groups in total. The van der Waals surface area contributed by atoms with E-state index >= 15 is 0 Å². The average molecular weight is 310 g/mol. The van der Waals surface area contributed by atoms with Crippen LogP contribution in [0.15, 0.2) is 36.7 Å². The third kappa shape index (κ3) is 3.06. The first-order chi connectivity index (χ1) is 11.2. The molecule has 0 saturated carbocycles. The Balaban J connectivity index is 1.53. The lowest BCUT2D eigenvalue weighted by atomic mass is 9.94. The van der Waals surface area contributed by atoms with Gasteiger partial charge in [0.25, 0.3) is 0 Å². The van der Waals surface area contributed by atoms with Gasteiger partial charge in [0.1, 0.15) is 0 Å². The molecule has 4 nitrogen and oxygen atoms in total. The maximum atomic E-state index is 4.33. The summed E-state index contributed by atoms with van der Waals surface area (Å²) in [7, 11) is 2.28. The van der Waals surface area contributed by atoms with Crippen molar-refractivity contribution in [2.75, 3.05) is 26.7 Å². The summed E-state index contributed by atoms with van der Waals surface area (Å²) in [6, 6.07) is 9.42. The Morgan fingerprint density at radius 2 is 2.09 bits per heavy atom. The van der Waals surface area contributed by atoms with Crippen LogP contribution in [0.1, 0.15) is 24.0 Å². The molecule has 1 aromatic heterocycles. The maximum absolute atomic E-state index is 4.33. The van der Waals surface area contributed by atoms with Crippen LogP contribution in [0.25, 0.3) is 5.69 Å². The van der Waals surface area contributed by atoms with E-state index in [2.05, 4.69) is 47.1 Å². The number of likely N-dealkylation sites (N-methyl/N-ethyl adjacent to an activating group) is 1. The number of rotatable bonds is 3. The summed E-state index contributed by atoms with van der Waals surface area (Å²) in [5, 5.41) is 4.33. The molecular weight excluding hydrogens is 284 g/mol. The monoisotopic (exact) mass is 310 g/mol. The van der Waals surface area contributed by atoms with Gasteiger partial charge < -0.3 is 4.90 Å². The zero-order valence-electron chi connectivity index (χ0n) is 14.2. The lowest BCUT2D eigenvalue weighted by Gasteiger charge is -2.36. The van der Waals surface area contributed by atoms with Crippen molar-refractivity contribution < 1.29 is 0 Å². The van der Waals surface area contributed by atoms with Gasteiger partial charge >= 0.3 is 0 Å². The predicted octanol–water partition coefficient (Wildman–Crippen LogP) is 2.71. The van der Waals surface area contributed by atoms with E-state index in [1.165, 1.54) is 43.6 Å². The zero-order chi connectivity index (χ0) is 15.8. The van der Waals surface area contributed by atoms with E-state index in [4.69, 9.17) is 0 Å². The van der Waals surface area contributed by atoms with E-state index in [9.17, 15) is 0 Å². The van der Waals surface area contributed by atoms with Crippen molar-refractivity contribution in [1.82, 2.24) is 19.6 Å². The molecule has 122 valence electrons. The predicted molar refractivity (Wildman–Crippen MR) is 92.7 cm³/mol. The minimum atomic E-state index is 0.726. The van der Waals surface area contributed by atoms with Crippen molar-refractivity contribution >= 4 is 0 Å². The minimum absolute atomic E-state index is 0.726. The van der Waals surface area contributed by atoms with Crippen LogP contribution >= 0.6 is 0 Å². The molecule has 3 aliphatic heterocycles. The fourth-order valence-corrected chi connectivity index (χ4v) is 4.25. The van der Waals surface area contributed by atoms with Crippen LogP contribution in [0.3, 0.4) is 0 Å². The summed E-state index contributed by atoms with van der Waals surface area (Å²) in [6.07, 6.45) is 6.59. The average Bonchev–Trinajstić information content (AvgIpc) is 2.95. The fourth-order valence-electron chi connectivity index (χ4n) is 4.25. The van der Waals surface area contributed by atoms with Gasteiger partial charge in [-0.1, -0.05) is 6.07 Å². The largest absolute Gasteiger partial charge is 0.304 e. The highest BCUT2D eigenvalue weighted by atomic mass is 15.3. The van der Waals surface area contributed by atoms with Crippen LogP contribution in [0, 0.1) is 12.8 Å². The van der Waals surface area contributed by atoms with Crippen LogP contribution in [-0.4, -0.2) is 52.3 Å². The van der Waals surface area contributed by atoms with Gasteiger partial charge in [0.05, 0.1) is 5.69 Å². The first-order valence-corrected chi connectivity index (χ1v) is 8.71. The fraction of sp³-hybridized carbons (Fsp3) is 0.526. The number of hydrogen-bond donors (Lipinski definition) is 0. The van der Waals surface area contributed by atoms with Gasteiger partial charge in [-0.15, -0.1) is 0 Å². The summed E-state index contributed by atoms with van der Waals surface area (Å²) in [5.74, 6) is 0.849. The van der Waals surface area contributed by atoms with Crippen LogP contribution in [0.5, 0.6) is 0 Å². The number of aryl methyl sites for hydroxylation is 1. The van der Waals surface area contributed by atoms with E-state index in [0.717, 1.165) is 24.2 Å². The molecule has 4 heterocycles. The van der Waals surface area contributed by atoms with Gasteiger partial charge in [-0.3, -0.25) is 4.90 Å². The third-order valence-electron chi connectivity index (χ3n) is 5.48. The molecule has 3 saturated heterocycles. The Bertz CT molecular complexity index is 664. The van der Waals surface area contributed by atoms with Gasteiger partial charge in [-0.25, -0.2) is 4.68 Å². The van der Waals surface area contributed by atoms with E-state index < -0.39 is 0 Å². The molecule has 5 rings (SSSR count). The van der Waals surface area contributed by atoms with Crippen molar-refractivity contribution in [1.29, 1.82) is 0 Å². The second-order valence-corrected chi connectivity index (χ2v) is 7.31. The van der Waals surface area contributed by atoms with Gasteiger partial charge in [0, 0.05) is 44.6 Å². The van der Waals surface area contributed by atoms with Gasteiger partial charge in [0.15, 0.2) is 0 Å². The first kappa shape index (κ1) is 14.9. The quantitative estimate of drug-likeness (QED) is 0.871. The summed E-state index contributed by atoms with van der Waals surface area (Å²) in [4.78, 5) is 5.24. The summed E-state index contributed by atoms with van der Waals surface area (Å²) in [5.41, 5.74) is 3.97. The SMILES string of the molecule is Cc1cc(-n2cccn2)ccc1CN1C[C@@H]2CC[C@H]1CN(C)C2. The third-order valence-corrected chi connectivity index (χ3v) is 5.48. The summed E-state index contributed by atoms with van der Waals surface area (Å²) >= 11 is 0. The number of aromatic nitrogens is 2. The highest BCUT2D eigenvalue weighted by molar-refractivity contribution is 5.39. The van der Waals surface area contributed by atoms with E-state index in [1.54, 1.807) is 0 Å². The van der Waals surface area contributed by atoms with Crippen molar-refractivity contribution in [3.8, 4) is 5.69 Å². The molecular formula is C19H26N4. The number of nitrogens with zero attached hydrogens (tertiary/aromatic N) is 4. The highest BCUT2D eigenvalue weighted by Gasteiger charge is 2.33. The lowest BCUT2D eigenvalue weighted by molar-refractivity contribution is 0.124. The molecule has 23 heavy (non-hydrogen) atoms. The smallest absolute Gasteiger partial charge is 0.0648 e. The molecule has 0 unspecified atom stereocenters. The number of piperidine rings is 1. The Kier molecular flexibility index (Phi) is 3.95. The molecule has 2 atom stereocenters. The van der Waals surface area contributed by atoms with Gasteiger partial charge in [0.2, 0.25) is 0 Å². The zero-order valence-corrected chi connectivity index (χ0v) is 14.2. The topological polar surface area (TPSA) is 24.3 Å². The van der Waals surface area contributed by atoms with Gasteiger partial charge in [-0.05, 0) is 62.1 Å². The van der Waals surface area contributed by atoms with Crippen LogP contribution in [-0.2, 0) is 6.54 Å². The molecule has 3 fully saturated rings. The molecule has 2 bridgehead atoms. The van der Waals surface area contributed by atoms with Crippen molar-refractivity contribution in [3.05, 3.63) is 47.8 Å². The van der Waals surface area contributed by atoms with Crippen LogP contribution < -0.4 is 0 Å². The van der Waals surface area contributed by atoms with Crippen molar-refractivity contribution in [2.45, 2.75) is 32.4 Å². The second kappa shape index (κ2) is 6.10. The molecule has 0 radical (unpaired) electrons. The number of benzene rings is 1. The Morgan fingerprint density at radius 3 is 2.87 bits per heavy atom. The number of hydrogen-bond acceptors (Lipinski definition) is 3. The maximum Gasteiger partial charge on any atom is 0.0648 e. The lowest BCUT2D eigenvalue weighted by Crippen LogP contribution is -2.43. The Hall–Kier alpha value is -1.65. The molecule has 4 heteroatoms. The summed E-state index contributed by atoms with van der Waals surface area (Å²) in [6.45, 7) is 7.06. The first-order valence-electron chi connectivity index (χ1n) is 8.71. The van der Waals surface area contributed by atoms with E-state index in [0.29, 0.717) is 0 Å². The van der Waals surface area contributed by atoms with Crippen LogP contribution in [0.2, 0.25) is 0 Å². The molecule has 1 aromatic carbocycles. The molecule has 3 aliphatic rings. The van der Waals surface area contributed by atoms with Crippen LogP contribution in [0.4, 0.5) is 0 Å². The molecule has 0 aliphatic carbocycles. The normalized spacial score (nSPS) is 25.7. The highest BCUT2D eigenvalue weighted by Crippen LogP contribution is 2.29. The molecule has 0 amide bonds. The summed E-state index contributed by atoms with van der Waals surface area (Å²) < 4.78 is 1.93. The van der Waals surface area contributed by atoms with Gasteiger partial charge in [-0.2, -0.15) is 5.10 Å². The number of fused-ring (bicyclic) bond motifs is 4. The van der Waals surface area contributed by atoms with Crippen molar-refractivity contribution in [3.63, 3.8) is 0 Å². The Labute approximate surface area is 138 Å². The standard InChI is InChI=1S/C19H26N4/c1-15-10-18(23-9-3-8-20-23)7-5-17(15)13-22-12-16-4-6-19(22)14-21(2)11-16/h3,5,7-10,16,19H,4,6,11-14H2,1-2H3/t16-,19+/m1/s1. The van der Waals surface area contributed by atoms with Crippen molar-refractivity contribution in [2.24, 2.45) is 5.92 Å². The molecule has 2 aromatic rings. The second-order valence-electron chi connectivity index (χ2n) is 7.31. The van der Waals surface area contributed by atoms with E-state index in [-0.39, 0.29) is 0 Å². The van der Waals surface area contributed by atoms with E-state index in [1.807, 2.05) is 23.1 Å².